The Hall–Kier alpha value is -2.75. The van der Waals surface area contributed by atoms with Crippen molar-refractivity contribution in [3.8, 4) is 11.5 Å². The van der Waals surface area contributed by atoms with E-state index in [1.54, 1.807) is 36.4 Å². The van der Waals surface area contributed by atoms with Gasteiger partial charge in [0.05, 0.1) is 15.6 Å². The van der Waals surface area contributed by atoms with Gasteiger partial charge in [-0.05, 0) is 48.4 Å². The molecule has 0 aromatic heterocycles. The minimum Gasteiger partial charge on any atom is -0.489 e. The number of fused-ring (bicyclic) bond motifs is 1. The van der Waals surface area contributed by atoms with E-state index in [2.05, 4.69) is 0 Å². The monoisotopic (exact) mass is 410 g/mol. The molecule has 0 saturated heterocycles. The lowest BCUT2D eigenvalue weighted by molar-refractivity contribution is 0.101. The SMILES string of the molecule is Cc1ccc(C=C2Oc3cc(OCc4ccc(Cl)c(Cl)c4)ccc3C2=O)cc1. The maximum Gasteiger partial charge on any atom is 0.231 e. The molecule has 5 heteroatoms. The van der Waals surface area contributed by atoms with Crippen LogP contribution in [0.25, 0.3) is 6.08 Å². The number of carbonyl (C=O) groups excluding carboxylic acids is 1. The van der Waals surface area contributed by atoms with Gasteiger partial charge < -0.3 is 9.47 Å². The van der Waals surface area contributed by atoms with E-state index in [1.165, 1.54) is 0 Å². The summed E-state index contributed by atoms with van der Waals surface area (Å²) in [5, 5.41) is 0.985. The topological polar surface area (TPSA) is 35.5 Å². The Kier molecular flexibility index (Phi) is 5.12. The van der Waals surface area contributed by atoms with Gasteiger partial charge in [-0.1, -0.05) is 59.1 Å². The number of aryl methyl sites for hydroxylation is 1. The molecule has 3 aromatic carbocycles. The van der Waals surface area contributed by atoms with Crippen molar-refractivity contribution in [2.75, 3.05) is 0 Å². The van der Waals surface area contributed by atoms with Gasteiger partial charge in [-0.15, -0.1) is 0 Å². The lowest BCUT2D eigenvalue weighted by Crippen LogP contribution is -1.98. The van der Waals surface area contributed by atoms with Gasteiger partial charge in [0.25, 0.3) is 0 Å². The van der Waals surface area contributed by atoms with E-state index in [4.69, 9.17) is 32.7 Å². The molecule has 1 aliphatic heterocycles. The van der Waals surface area contributed by atoms with Gasteiger partial charge in [0.2, 0.25) is 5.78 Å². The quantitative estimate of drug-likeness (QED) is 0.460. The molecule has 0 atom stereocenters. The molecule has 140 valence electrons. The van der Waals surface area contributed by atoms with E-state index in [-0.39, 0.29) is 5.78 Å². The predicted molar refractivity (Wildman–Crippen MR) is 111 cm³/mol. The fourth-order valence-corrected chi connectivity index (χ4v) is 3.19. The van der Waals surface area contributed by atoms with Crippen LogP contribution in [0, 0.1) is 6.92 Å². The van der Waals surface area contributed by atoms with Gasteiger partial charge in [0, 0.05) is 6.07 Å². The first-order valence-electron chi connectivity index (χ1n) is 8.71. The molecule has 0 saturated carbocycles. The first-order chi connectivity index (χ1) is 13.5. The summed E-state index contributed by atoms with van der Waals surface area (Å²) >= 11 is 12.0. The van der Waals surface area contributed by atoms with Crippen molar-refractivity contribution in [1.82, 2.24) is 0 Å². The molecule has 0 bridgehead atoms. The number of allylic oxidation sites excluding steroid dienone is 1. The van der Waals surface area contributed by atoms with Gasteiger partial charge in [-0.3, -0.25) is 4.79 Å². The highest BCUT2D eigenvalue weighted by molar-refractivity contribution is 6.42. The highest BCUT2D eigenvalue weighted by Crippen LogP contribution is 2.35. The second-order valence-corrected chi connectivity index (χ2v) is 7.36. The molecule has 3 nitrogen and oxygen atoms in total. The van der Waals surface area contributed by atoms with E-state index >= 15 is 0 Å². The molecular formula is C23H16Cl2O3. The van der Waals surface area contributed by atoms with Crippen LogP contribution >= 0.6 is 23.2 Å². The van der Waals surface area contributed by atoms with Crippen molar-refractivity contribution in [3.63, 3.8) is 0 Å². The summed E-state index contributed by atoms with van der Waals surface area (Å²) in [6.07, 6.45) is 1.75. The van der Waals surface area contributed by atoms with Crippen molar-refractivity contribution in [2.45, 2.75) is 13.5 Å². The number of ketones is 1. The molecule has 28 heavy (non-hydrogen) atoms. The van der Waals surface area contributed by atoms with E-state index < -0.39 is 0 Å². The largest absolute Gasteiger partial charge is 0.489 e. The molecular weight excluding hydrogens is 395 g/mol. The molecule has 3 aromatic rings. The lowest BCUT2D eigenvalue weighted by Gasteiger charge is -2.08. The summed E-state index contributed by atoms with van der Waals surface area (Å²) in [5.41, 5.74) is 3.50. The summed E-state index contributed by atoms with van der Waals surface area (Å²) in [5.74, 6) is 1.27. The minimum absolute atomic E-state index is 0.133. The van der Waals surface area contributed by atoms with Gasteiger partial charge >= 0.3 is 0 Å². The van der Waals surface area contributed by atoms with E-state index in [1.807, 2.05) is 37.3 Å². The second kappa shape index (κ2) is 7.70. The molecule has 4 rings (SSSR count). The molecule has 0 spiro atoms. The van der Waals surface area contributed by atoms with Crippen LogP contribution in [0.3, 0.4) is 0 Å². The maximum atomic E-state index is 12.6. The molecule has 0 radical (unpaired) electrons. The number of hydrogen-bond donors (Lipinski definition) is 0. The average Bonchev–Trinajstić information content (AvgIpc) is 2.99. The number of rotatable bonds is 4. The van der Waals surface area contributed by atoms with Gasteiger partial charge in [0.15, 0.2) is 5.76 Å². The van der Waals surface area contributed by atoms with Crippen molar-refractivity contribution in [2.24, 2.45) is 0 Å². The molecule has 0 amide bonds. The van der Waals surface area contributed by atoms with Crippen molar-refractivity contribution < 1.29 is 14.3 Å². The van der Waals surface area contributed by atoms with Crippen LogP contribution in [-0.4, -0.2) is 5.78 Å². The Bertz CT molecular complexity index is 1090. The minimum atomic E-state index is -0.133. The number of ether oxygens (including phenoxy) is 2. The number of benzene rings is 3. The first kappa shape index (κ1) is 18.6. The zero-order valence-corrected chi connectivity index (χ0v) is 16.6. The van der Waals surface area contributed by atoms with E-state index in [9.17, 15) is 4.79 Å². The fourth-order valence-electron chi connectivity index (χ4n) is 2.87. The number of carbonyl (C=O) groups is 1. The summed E-state index contributed by atoms with van der Waals surface area (Å²) in [6.45, 7) is 2.35. The van der Waals surface area contributed by atoms with Gasteiger partial charge in [-0.2, -0.15) is 0 Å². The zero-order valence-electron chi connectivity index (χ0n) is 15.0. The van der Waals surface area contributed by atoms with E-state index in [0.29, 0.717) is 39.5 Å². The third-order valence-corrected chi connectivity index (χ3v) is 5.15. The number of halogens is 2. The molecule has 0 unspecified atom stereocenters. The highest BCUT2D eigenvalue weighted by atomic mass is 35.5. The smallest absolute Gasteiger partial charge is 0.231 e. The van der Waals surface area contributed by atoms with Crippen LogP contribution in [0.4, 0.5) is 0 Å². The summed E-state index contributed by atoms with van der Waals surface area (Å²) in [6, 6.07) is 18.4. The van der Waals surface area contributed by atoms with Crippen LogP contribution in [0.2, 0.25) is 10.0 Å². The normalized spacial score (nSPS) is 14.1. The summed E-state index contributed by atoms with van der Waals surface area (Å²) in [7, 11) is 0. The highest BCUT2D eigenvalue weighted by Gasteiger charge is 2.27. The third-order valence-electron chi connectivity index (χ3n) is 4.41. The molecule has 0 aliphatic carbocycles. The Labute approximate surface area is 173 Å². The van der Waals surface area contributed by atoms with Crippen LogP contribution < -0.4 is 9.47 Å². The van der Waals surface area contributed by atoms with Gasteiger partial charge in [0.1, 0.15) is 18.1 Å². The van der Waals surface area contributed by atoms with Crippen LogP contribution in [0.15, 0.2) is 66.4 Å². The predicted octanol–water partition coefficient (Wildman–Crippen LogP) is 6.50. The Morgan fingerprint density at radius 3 is 2.50 bits per heavy atom. The standard InChI is InChI=1S/C23H16Cl2O3/c1-14-2-4-15(5-3-14)11-22-23(26)18-8-7-17(12-21(18)28-22)27-13-16-6-9-19(24)20(25)10-16/h2-12H,13H2,1H3. The van der Waals surface area contributed by atoms with Crippen LogP contribution in [-0.2, 0) is 6.61 Å². The fraction of sp³-hybridized carbons (Fsp3) is 0.0870. The van der Waals surface area contributed by atoms with Crippen LogP contribution in [0.5, 0.6) is 11.5 Å². The molecule has 1 aliphatic rings. The maximum absolute atomic E-state index is 12.6. The molecule has 0 N–H and O–H groups in total. The third kappa shape index (κ3) is 3.91. The van der Waals surface area contributed by atoms with Gasteiger partial charge in [-0.25, -0.2) is 0 Å². The second-order valence-electron chi connectivity index (χ2n) is 6.55. The average molecular weight is 411 g/mol. The number of Topliss-reactive ketones (excluding diaryl/α,β-unsaturated/α-hetero) is 1. The Balaban J connectivity index is 1.50. The van der Waals surface area contributed by atoms with Crippen molar-refractivity contribution >= 4 is 35.1 Å². The Morgan fingerprint density at radius 1 is 0.964 bits per heavy atom. The van der Waals surface area contributed by atoms with Crippen molar-refractivity contribution in [1.29, 1.82) is 0 Å². The molecule has 0 fully saturated rings. The molecule has 1 heterocycles. The van der Waals surface area contributed by atoms with E-state index in [0.717, 1.165) is 16.7 Å². The summed E-state index contributed by atoms with van der Waals surface area (Å²) in [4.78, 5) is 12.6. The van der Waals surface area contributed by atoms with Crippen LogP contribution in [0.1, 0.15) is 27.0 Å². The first-order valence-corrected chi connectivity index (χ1v) is 9.47. The lowest BCUT2D eigenvalue weighted by atomic mass is 10.1. The summed E-state index contributed by atoms with van der Waals surface area (Å²) < 4.78 is 11.6. The number of hydrogen-bond acceptors (Lipinski definition) is 3. The Morgan fingerprint density at radius 2 is 1.75 bits per heavy atom. The van der Waals surface area contributed by atoms with Crippen molar-refractivity contribution in [3.05, 3.63) is 98.7 Å². The zero-order chi connectivity index (χ0) is 19.7.